The number of hydrogen-bond donors (Lipinski definition) is 0. The third-order valence-corrected chi connectivity index (χ3v) is 4.20. The molecule has 2 heteroatoms. The zero-order valence-electron chi connectivity index (χ0n) is 9.53. The molecule has 0 heterocycles. The van der Waals surface area contributed by atoms with E-state index in [2.05, 4.69) is 64.5 Å². The second-order valence-corrected chi connectivity index (χ2v) is 5.42. The van der Waals surface area contributed by atoms with E-state index < -0.39 is 0 Å². The van der Waals surface area contributed by atoms with E-state index in [1.54, 1.807) is 0 Å². The van der Waals surface area contributed by atoms with Gasteiger partial charge in [-0.2, -0.15) is 0 Å². The van der Waals surface area contributed by atoms with E-state index >= 15 is 0 Å². The predicted molar refractivity (Wildman–Crippen MR) is 82.1 cm³/mol. The molecule has 3 rings (SSSR count). The Balaban J connectivity index is 2.34. The maximum absolute atomic E-state index is 6.20. The van der Waals surface area contributed by atoms with Crippen molar-refractivity contribution in [1.82, 2.24) is 0 Å². The molecule has 0 aliphatic carbocycles. The van der Waals surface area contributed by atoms with Gasteiger partial charge in [0.25, 0.3) is 0 Å². The van der Waals surface area contributed by atoms with Crippen LogP contribution in [0.5, 0.6) is 0 Å². The van der Waals surface area contributed by atoms with Gasteiger partial charge < -0.3 is 0 Å². The van der Waals surface area contributed by atoms with Crippen molar-refractivity contribution >= 4 is 38.3 Å². The Morgan fingerprint density at radius 3 is 2.39 bits per heavy atom. The van der Waals surface area contributed by atoms with Gasteiger partial charge >= 0.3 is 0 Å². The first-order valence-corrected chi connectivity index (χ1v) is 6.86. The van der Waals surface area contributed by atoms with Crippen molar-refractivity contribution in [3.8, 4) is 11.1 Å². The van der Waals surface area contributed by atoms with Crippen LogP contribution in [0.15, 0.2) is 65.1 Å². The second kappa shape index (κ2) is 4.75. The highest BCUT2D eigenvalue weighted by Gasteiger charge is 2.06. The Hall–Kier alpha value is -1.31. The lowest BCUT2D eigenvalue weighted by atomic mass is 9.98. The van der Waals surface area contributed by atoms with Crippen molar-refractivity contribution in [3.05, 3.63) is 70.2 Å². The van der Waals surface area contributed by atoms with E-state index in [1.165, 1.54) is 21.9 Å². The van der Waals surface area contributed by atoms with Crippen molar-refractivity contribution in [1.29, 1.82) is 0 Å². The molecule has 0 amide bonds. The first-order valence-electron chi connectivity index (χ1n) is 5.69. The number of halogens is 2. The zero-order chi connectivity index (χ0) is 12.5. The largest absolute Gasteiger partial charge is 0.0831 e. The molecule has 88 valence electrons. The molecule has 3 aromatic carbocycles. The number of rotatable bonds is 1. The average molecular weight is 318 g/mol. The van der Waals surface area contributed by atoms with Crippen LogP contribution in [0.3, 0.4) is 0 Å². The number of benzene rings is 3. The van der Waals surface area contributed by atoms with Crippen molar-refractivity contribution in [2.24, 2.45) is 0 Å². The van der Waals surface area contributed by atoms with Crippen LogP contribution in [0.2, 0.25) is 5.02 Å². The molecular weight excluding hydrogens is 308 g/mol. The Morgan fingerprint density at radius 2 is 1.61 bits per heavy atom. The minimum absolute atomic E-state index is 0.742. The van der Waals surface area contributed by atoms with E-state index in [4.69, 9.17) is 11.6 Å². The molecule has 0 aliphatic rings. The maximum Gasteiger partial charge on any atom is 0.0554 e. The van der Waals surface area contributed by atoms with Crippen molar-refractivity contribution in [2.45, 2.75) is 0 Å². The standard InChI is InChI=1S/C16H10BrCl/c17-15-9-12-7-4-8-13(14(12)10-16(15)18)11-5-2-1-3-6-11/h1-10H. The van der Waals surface area contributed by atoms with Gasteiger partial charge in [-0.15, -0.1) is 0 Å². The monoisotopic (exact) mass is 316 g/mol. The summed E-state index contributed by atoms with van der Waals surface area (Å²) in [7, 11) is 0. The highest BCUT2D eigenvalue weighted by atomic mass is 79.9. The summed E-state index contributed by atoms with van der Waals surface area (Å²) >= 11 is 9.67. The van der Waals surface area contributed by atoms with Crippen LogP contribution in [-0.4, -0.2) is 0 Å². The first kappa shape index (κ1) is 11.8. The predicted octanol–water partition coefficient (Wildman–Crippen LogP) is 5.92. The first-order chi connectivity index (χ1) is 8.75. The molecule has 0 saturated carbocycles. The molecular formula is C16H10BrCl. The van der Waals surface area contributed by atoms with Crippen LogP contribution in [0, 0.1) is 0 Å². The summed E-state index contributed by atoms with van der Waals surface area (Å²) in [5, 5.41) is 3.11. The molecule has 0 nitrogen and oxygen atoms in total. The SMILES string of the molecule is Clc1cc2c(-c3ccccc3)cccc2cc1Br. The number of fused-ring (bicyclic) bond motifs is 1. The molecule has 0 N–H and O–H groups in total. The van der Waals surface area contributed by atoms with Gasteiger partial charge in [0.15, 0.2) is 0 Å². The summed E-state index contributed by atoms with van der Waals surface area (Å²) in [5.41, 5.74) is 2.42. The fourth-order valence-electron chi connectivity index (χ4n) is 2.14. The minimum Gasteiger partial charge on any atom is -0.0831 e. The lowest BCUT2D eigenvalue weighted by Gasteiger charge is -2.08. The summed E-state index contributed by atoms with van der Waals surface area (Å²) < 4.78 is 0.932. The Labute approximate surface area is 119 Å². The van der Waals surface area contributed by atoms with Gasteiger partial charge in [-0.25, -0.2) is 0 Å². The normalized spacial score (nSPS) is 10.8. The highest BCUT2D eigenvalue weighted by molar-refractivity contribution is 9.10. The molecule has 0 radical (unpaired) electrons. The van der Waals surface area contributed by atoms with Crippen molar-refractivity contribution in [3.63, 3.8) is 0 Å². The lowest BCUT2D eigenvalue weighted by Crippen LogP contribution is -1.82. The summed E-state index contributed by atoms with van der Waals surface area (Å²) in [5.74, 6) is 0. The fourth-order valence-corrected chi connectivity index (χ4v) is 2.67. The van der Waals surface area contributed by atoms with Crippen LogP contribution in [0.4, 0.5) is 0 Å². The van der Waals surface area contributed by atoms with Gasteiger partial charge in [0, 0.05) is 4.47 Å². The Morgan fingerprint density at radius 1 is 0.833 bits per heavy atom. The van der Waals surface area contributed by atoms with Crippen LogP contribution in [-0.2, 0) is 0 Å². The minimum atomic E-state index is 0.742. The Kier molecular flexibility index (Phi) is 3.11. The summed E-state index contributed by atoms with van der Waals surface area (Å²) in [6, 6.07) is 20.7. The summed E-state index contributed by atoms with van der Waals surface area (Å²) in [4.78, 5) is 0. The zero-order valence-corrected chi connectivity index (χ0v) is 11.9. The maximum atomic E-state index is 6.20. The van der Waals surface area contributed by atoms with Gasteiger partial charge in [-0.1, -0.05) is 60.1 Å². The van der Waals surface area contributed by atoms with Crippen LogP contribution < -0.4 is 0 Å². The molecule has 0 atom stereocenters. The molecule has 0 saturated heterocycles. The molecule has 0 aromatic heterocycles. The third-order valence-electron chi connectivity index (χ3n) is 3.01. The molecule has 0 aliphatic heterocycles. The van der Waals surface area contributed by atoms with Crippen LogP contribution >= 0.6 is 27.5 Å². The van der Waals surface area contributed by atoms with E-state index in [9.17, 15) is 0 Å². The average Bonchev–Trinajstić information content (AvgIpc) is 2.40. The van der Waals surface area contributed by atoms with E-state index in [1.807, 2.05) is 12.1 Å². The molecule has 3 aromatic rings. The number of hydrogen-bond acceptors (Lipinski definition) is 0. The van der Waals surface area contributed by atoms with Gasteiger partial charge in [-0.05, 0) is 50.0 Å². The second-order valence-electron chi connectivity index (χ2n) is 4.16. The van der Waals surface area contributed by atoms with E-state index in [0.717, 1.165) is 9.50 Å². The van der Waals surface area contributed by atoms with Crippen molar-refractivity contribution < 1.29 is 0 Å². The quantitative estimate of drug-likeness (QED) is 0.522. The summed E-state index contributed by atoms with van der Waals surface area (Å²) in [6.07, 6.45) is 0. The van der Waals surface area contributed by atoms with Crippen LogP contribution in [0.25, 0.3) is 21.9 Å². The highest BCUT2D eigenvalue weighted by Crippen LogP contribution is 2.34. The molecule has 0 spiro atoms. The molecule has 0 bridgehead atoms. The topological polar surface area (TPSA) is 0 Å². The molecule has 18 heavy (non-hydrogen) atoms. The van der Waals surface area contributed by atoms with E-state index in [0.29, 0.717) is 0 Å². The Bertz CT molecular complexity index is 705. The van der Waals surface area contributed by atoms with Crippen molar-refractivity contribution in [2.75, 3.05) is 0 Å². The van der Waals surface area contributed by atoms with Gasteiger partial charge in [0.05, 0.1) is 5.02 Å². The summed E-state index contributed by atoms with van der Waals surface area (Å²) in [6.45, 7) is 0. The van der Waals surface area contributed by atoms with E-state index in [-0.39, 0.29) is 0 Å². The molecule has 0 unspecified atom stereocenters. The smallest absolute Gasteiger partial charge is 0.0554 e. The van der Waals surface area contributed by atoms with Crippen LogP contribution in [0.1, 0.15) is 0 Å². The van der Waals surface area contributed by atoms with Gasteiger partial charge in [0.1, 0.15) is 0 Å². The lowest BCUT2D eigenvalue weighted by molar-refractivity contribution is 1.64. The van der Waals surface area contributed by atoms with Gasteiger partial charge in [0.2, 0.25) is 0 Å². The fraction of sp³-hybridized carbons (Fsp3) is 0. The third kappa shape index (κ3) is 2.05. The van der Waals surface area contributed by atoms with Gasteiger partial charge in [-0.3, -0.25) is 0 Å². The molecule has 0 fully saturated rings.